The van der Waals surface area contributed by atoms with E-state index in [0.717, 1.165) is 0 Å². The smallest absolute Gasteiger partial charge is 0.161 e. The number of benzene rings is 1. The van der Waals surface area contributed by atoms with E-state index in [4.69, 9.17) is 0 Å². The molecule has 0 saturated heterocycles. The molecule has 16 heavy (non-hydrogen) atoms. The molecule has 0 atom stereocenters. The molecular weight excluding hydrogens is 205 g/mol. The summed E-state index contributed by atoms with van der Waals surface area (Å²) in [6.45, 7) is 1.73. The van der Waals surface area contributed by atoms with Gasteiger partial charge in [0.1, 0.15) is 11.6 Å². The van der Waals surface area contributed by atoms with Crippen LogP contribution in [0.25, 0.3) is 11.4 Å². The van der Waals surface area contributed by atoms with Crippen LogP contribution in [-0.4, -0.2) is 17.0 Å². The van der Waals surface area contributed by atoms with Crippen LogP contribution in [0.2, 0.25) is 0 Å². The van der Waals surface area contributed by atoms with Crippen LogP contribution in [0.4, 0.5) is 10.2 Å². The first-order valence-electron chi connectivity index (χ1n) is 4.98. The molecule has 0 unspecified atom stereocenters. The molecule has 1 aromatic carbocycles. The Balaban J connectivity index is 2.46. The molecule has 82 valence electrons. The summed E-state index contributed by atoms with van der Waals surface area (Å²) in [6, 6.07) is 6.74. The van der Waals surface area contributed by atoms with Crippen molar-refractivity contribution in [1.82, 2.24) is 9.97 Å². The van der Waals surface area contributed by atoms with Crippen LogP contribution < -0.4 is 5.32 Å². The van der Waals surface area contributed by atoms with Gasteiger partial charge < -0.3 is 5.32 Å². The van der Waals surface area contributed by atoms with Crippen molar-refractivity contribution in [1.29, 1.82) is 0 Å². The number of aryl methyl sites for hydroxylation is 1. The number of nitrogens with zero attached hydrogens (tertiary/aromatic N) is 2. The maximum atomic E-state index is 13.4. The van der Waals surface area contributed by atoms with Crippen molar-refractivity contribution >= 4 is 5.82 Å². The summed E-state index contributed by atoms with van der Waals surface area (Å²) < 4.78 is 13.4. The first-order chi connectivity index (χ1) is 7.70. The van der Waals surface area contributed by atoms with Crippen molar-refractivity contribution in [3.05, 3.63) is 41.8 Å². The minimum absolute atomic E-state index is 0.240. The van der Waals surface area contributed by atoms with Gasteiger partial charge in [0.2, 0.25) is 0 Å². The van der Waals surface area contributed by atoms with Gasteiger partial charge in [-0.25, -0.2) is 14.4 Å². The second-order valence-corrected chi connectivity index (χ2v) is 3.48. The maximum Gasteiger partial charge on any atom is 0.161 e. The van der Waals surface area contributed by atoms with Crippen LogP contribution in [0, 0.1) is 12.7 Å². The lowest BCUT2D eigenvalue weighted by Crippen LogP contribution is -1.96. The highest BCUT2D eigenvalue weighted by atomic mass is 19.1. The number of rotatable bonds is 2. The molecule has 4 heteroatoms. The standard InChI is InChI=1S/C12H12FN3/c1-8-3-4-9(7-10(8)13)12-15-6-5-11(14-2)16-12/h3-7H,1-2H3,(H,14,15,16). The summed E-state index contributed by atoms with van der Waals surface area (Å²) >= 11 is 0. The quantitative estimate of drug-likeness (QED) is 0.840. The fourth-order valence-corrected chi connectivity index (χ4v) is 1.37. The van der Waals surface area contributed by atoms with E-state index in [-0.39, 0.29) is 5.82 Å². The molecule has 0 aliphatic rings. The molecule has 1 aromatic heterocycles. The van der Waals surface area contributed by atoms with Crippen molar-refractivity contribution in [3.63, 3.8) is 0 Å². The largest absolute Gasteiger partial charge is 0.373 e. The van der Waals surface area contributed by atoms with Crippen LogP contribution in [0.5, 0.6) is 0 Å². The lowest BCUT2D eigenvalue weighted by atomic mass is 10.1. The molecule has 2 rings (SSSR count). The Morgan fingerprint density at radius 2 is 2.06 bits per heavy atom. The molecule has 1 heterocycles. The Kier molecular flexibility index (Phi) is 2.81. The number of hydrogen-bond donors (Lipinski definition) is 1. The van der Waals surface area contributed by atoms with Gasteiger partial charge in [-0.1, -0.05) is 12.1 Å². The lowest BCUT2D eigenvalue weighted by molar-refractivity contribution is 0.619. The minimum atomic E-state index is -0.240. The highest BCUT2D eigenvalue weighted by Crippen LogP contribution is 2.18. The fraction of sp³-hybridized carbons (Fsp3) is 0.167. The normalized spacial score (nSPS) is 10.2. The van der Waals surface area contributed by atoms with Crippen LogP contribution in [0.1, 0.15) is 5.56 Å². The van der Waals surface area contributed by atoms with Crippen LogP contribution in [0.3, 0.4) is 0 Å². The van der Waals surface area contributed by atoms with Crippen LogP contribution >= 0.6 is 0 Å². The molecular formula is C12H12FN3. The van der Waals surface area contributed by atoms with Gasteiger partial charge in [0.05, 0.1) is 0 Å². The Bertz CT molecular complexity index is 511. The first kappa shape index (κ1) is 10.5. The van der Waals surface area contributed by atoms with Crippen molar-refractivity contribution < 1.29 is 4.39 Å². The monoisotopic (exact) mass is 217 g/mol. The second-order valence-electron chi connectivity index (χ2n) is 3.48. The Morgan fingerprint density at radius 1 is 1.25 bits per heavy atom. The molecule has 0 amide bonds. The highest BCUT2D eigenvalue weighted by molar-refractivity contribution is 5.57. The van der Waals surface area contributed by atoms with Crippen LogP contribution in [0.15, 0.2) is 30.5 Å². The summed E-state index contributed by atoms with van der Waals surface area (Å²) in [5, 5.41) is 2.92. The molecule has 2 aromatic rings. The molecule has 1 N–H and O–H groups in total. The van der Waals surface area contributed by atoms with Gasteiger partial charge in [0, 0.05) is 18.8 Å². The highest BCUT2D eigenvalue weighted by Gasteiger charge is 2.04. The predicted octanol–water partition coefficient (Wildman–Crippen LogP) is 2.63. The maximum absolute atomic E-state index is 13.4. The lowest BCUT2D eigenvalue weighted by Gasteiger charge is -2.04. The molecule has 0 bridgehead atoms. The molecule has 0 aliphatic heterocycles. The zero-order valence-electron chi connectivity index (χ0n) is 9.16. The van der Waals surface area contributed by atoms with Gasteiger partial charge in [-0.2, -0.15) is 0 Å². The van der Waals surface area contributed by atoms with E-state index < -0.39 is 0 Å². The fourth-order valence-electron chi connectivity index (χ4n) is 1.37. The Morgan fingerprint density at radius 3 is 2.75 bits per heavy atom. The van der Waals surface area contributed by atoms with Gasteiger partial charge in [-0.15, -0.1) is 0 Å². The van der Waals surface area contributed by atoms with Gasteiger partial charge in [0.15, 0.2) is 5.82 Å². The van der Waals surface area contributed by atoms with E-state index in [0.29, 0.717) is 22.8 Å². The molecule has 0 radical (unpaired) electrons. The van der Waals surface area contributed by atoms with E-state index in [9.17, 15) is 4.39 Å². The van der Waals surface area contributed by atoms with E-state index in [2.05, 4.69) is 15.3 Å². The zero-order valence-corrected chi connectivity index (χ0v) is 9.16. The summed E-state index contributed by atoms with van der Waals surface area (Å²) in [4.78, 5) is 8.35. The predicted molar refractivity (Wildman–Crippen MR) is 61.7 cm³/mol. The number of nitrogens with one attached hydrogen (secondary N) is 1. The van der Waals surface area contributed by atoms with E-state index >= 15 is 0 Å². The minimum Gasteiger partial charge on any atom is -0.373 e. The van der Waals surface area contributed by atoms with Gasteiger partial charge >= 0.3 is 0 Å². The van der Waals surface area contributed by atoms with Crippen molar-refractivity contribution in [2.24, 2.45) is 0 Å². The van der Waals surface area contributed by atoms with Crippen molar-refractivity contribution in [2.75, 3.05) is 12.4 Å². The number of aromatic nitrogens is 2. The molecule has 0 saturated carbocycles. The Labute approximate surface area is 93.4 Å². The Hall–Kier alpha value is -1.97. The van der Waals surface area contributed by atoms with Crippen molar-refractivity contribution in [2.45, 2.75) is 6.92 Å². The molecule has 3 nitrogen and oxygen atoms in total. The van der Waals surface area contributed by atoms with Gasteiger partial charge in [0.25, 0.3) is 0 Å². The molecule has 0 aliphatic carbocycles. The number of halogens is 1. The van der Waals surface area contributed by atoms with E-state index in [1.807, 2.05) is 6.07 Å². The number of hydrogen-bond acceptors (Lipinski definition) is 3. The average molecular weight is 217 g/mol. The summed E-state index contributed by atoms with van der Waals surface area (Å²) in [7, 11) is 1.78. The molecule has 0 fully saturated rings. The first-order valence-corrected chi connectivity index (χ1v) is 4.98. The van der Waals surface area contributed by atoms with Gasteiger partial charge in [-0.3, -0.25) is 0 Å². The third-order valence-electron chi connectivity index (χ3n) is 2.34. The van der Waals surface area contributed by atoms with E-state index in [1.54, 1.807) is 32.3 Å². The van der Waals surface area contributed by atoms with E-state index in [1.165, 1.54) is 6.07 Å². The molecule has 0 spiro atoms. The zero-order chi connectivity index (χ0) is 11.5. The summed E-state index contributed by atoms with van der Waals surface area (Å²) in [5.74, 6) is 0.993. The number of anilines is 1. The van der Waals surface area contributed by atoms with Crippen molar-refractivity contribution in [3.8, 4) is 11.4 Å². The van der Waals surface area contributed by atoms with Gasteiger partial charge in [-0.05, 0) is 24.6 Å². The SMILES string of the molecule is CNc1ccnc(-c2ccc(C)c(F)c2)n1. The topological polar surface area (TPSA) is 37.8 Å². The third kappa shape index (κ3) is 2.00. The second kappa shape index (κ2) is 4.26. The average Bonchev–Trinajstić information content (AvgIpc) is 2.33. The third-order valence-corrected chi connectivity index (χ3v) is 2.34. The van der Waals surface area contributed by atoms with Crippen LogP contribution in [-0.2, 0) is 0 Å². The summed E-state index contributed by atoms with van der Waals surface area (Å²) in [5.41, 5.74) is 1.30. The summed E-state index contributed by atoms with van der Waals surface area (Å²) in [6.07, 6.45) is 1.64.